The van der Waals surface area contributed by atoms with Crippen LogP contribution in [-0.4, -0.2) is 57.2 Å². The zero-order valence-electron chi connectivity index (χ0n) is 11.0. The minimum atomic E-state index is -0.464. The van der Waals surface area contributed by atoms with Gasteiger partial charge in [-0.25, -0.2) is 4.79 Å². The lowest BCUT2D eigenvalue weighted by Gasteiger charge is -2.39. The molecule has 96 valence electrons. The topological polar surface area (TPSA) is 49.8 Å². The number of hydrogen-bond donors (Lipinski definition) is 1. The van der Waals surface area contributed by atoms with Gasteiger partial charge in [-0.15, -0.1) is 0 Å². The smallest absolute Gasteiger partial charge is 0.410 e. The van der Waals surface area contributed by atoms with Crippen LogP contribution in [0, 0.1) is 0 Å². The molecule has 1 fully saturated rings. The van der Waals surface area contributed by atoms with E-state index in [0.29, 0.717) is 0 Å². The number of nitrogens with zero attached hydrogens (tertiary/aromatic N) is 1. The molecule has 17 heavy (non-hydrogen) atoms. The largest absolute Gasteiger partial charge is 0.444 e. The van der Waals surface area contributed by atoms with Gasteiger partial charge in [0, 0.05) is 19.2 Å². The molecule has 2 atom stereocenters. The molecule has 0 aromatic heterocycles. The summed E-state index contributed by atoms with van der Waals surface area (Å²) in [6.07, 6.45) is 2.80. The summed E-state index contributed by atoms with van der Waals surface area (Å²) in [6.45, 7) is 6.41. The van der Waals surface area contributed by atoms with E-state index in [2.05, 4.69) is 16.3 Å². The van der Waals surface area contributed by atoms with Crippen molar-refractivity contribution >= 4 is 22.4 Å². The minimum absolute atomic E-state index is 0.0304. The maximum atomic E-state index is 12.1. The van der Waals surface area contributed by atoms with Crippen molar-refractivity contribution in [2.75, 3.05) is 13.2 Å². The maximum Gasteiger partial charge on any atom is 0.410 e. The molecule has 0 aliphatic carbocycles. The fourth-order valence-corrected chi connectivity index (χ4v) is 2.47. The molecule has 0 aromatic rings. The normalized spacial score (nSPS) is 23.3. The summed E-state index contributed by atoms with van der Waals surface area (Å²) >= 11 is 2.62. The van der Waals surface area contributed by atoms with Gasteiger partial charge in [0.1, 0.15) is 21.9 Å². The Hall–Kier alpha value is -0.238. The highest BCUT2D eigenvalue weighted by Gasteiger charge is 2.32. The van der Waals surface area contributed by atoms with Crippen molar-refractivity contribution in [3.8, 4) is 0 Å². The molecule has 1 heterocycles. The molecule has 5 heteroatoms. The van der Waals surface area contributed by atoms with Crippen molar-refractivity contribution in [2.45, 2.75) is 56.5 Å². The third kappa shape index (κ3) is 4.50. The highest BCUT2D eigenvalue weighted by molar-refractivity contribution is 6.12. The van der Waals surface area contributed by atoms with Crippen LogP contribution in [0.2, 0.25) is 4.78 Å². The zero-order chi connectivity index (χ0) is 13.1. The van der Waals surface area contributed by atoms with E-state index in [1.54, 1.807) is 4.90 Å². The molecule has 0 saturated carbocycles. The van der Waals surface area contributed by atoms with E-state index in [9.17, 15) is 9.90 Å². The van der Waals surface area contributed by atoms with Crippen LogP contribution in [0.3, 0.4) is 0 Å². The Balaban J connectivity index is 2.67. The van der Waals surface area contributed by atoms with Crippen molar-refractivity contribution in [1.29, 1.82) is 0 Å². The molecule has 1 aliphatic rings. The molecule has 1 N–H and O–H groups in total. The predicted molar refractivity (Wildman–Crippen MR) is 67.2 cm³/mol. The van der Waals surface area contributed by atoms with Crippen LogP contribution in [0.5, 0.6) is 0 Å². The van der Waals surface area contributed by atoms with Gasteiger partial charge in [0.15, 0.2) is 0 Å². The SMILES string of the molecule is CC(C)(C)OC(=O)N1CCCC[C@H]1[CH]([Al])CO. The number of rotatable bonds is 2. The summed E-state index contributed by atoms with van der Waals surface area (Å²) < 4.78 is 5.43. The van der Waals surface area contributed by atoms with Gasteiger partial charge >= 0.3 is 6.09 Å². The van der Waals surface area contributed by atoms with Gasteiger partial charge < -0.3 is 14.7 Å². The highest BCUT2D eigenvalue weighted by Crippen LogP contribution is 2.26. The Morgan fingerprint density at radius 3 is 2.71 bits per heavy atom. The summed E-state index contributed by atoms with van der Waals surface area (Å²) in [4.78, 5) is 13.8. The molecule has 0 spiro atoms. The van der Waals surface area contributed by atoms with Crippen molar-refractivity contribution in [3.05, 3.63) is 0 Å². The van der Waals surface area contributed by atoms with E-state index in [1.165, 1.54) is 0 Å². The molecule has 1 unspecified atom stereocenters. The van der Waals surface area contributed by atoms with E-state index in [4.69, 9.17) is 4.74 Å². The van der Waals surface area contributed by atoms with E-state index in [-0.39, 0.29) is 23.5 Å². The Morgan fingerprint density at radius 2 is 2.18 bits per heavy atom. The summed E-state index contributed by atoms with van der Waals surface area (Å²) in [5, 5.41) is 9.22. The minimum Gasteiger partial charge on any atom is -0.444 e. The number of hydrogen-bond acceptors (Lipinski definition) is 3. The number of carbonyl (C=O) groups is 1. The first-order chi connectivity index (χ1) is 7.85. The molecule has 1 rings (SSSR count). The van der Waals surface area contributed by atoms with Crippen molar-refractivity contribution < 1.29 is 14.6 Å². The quantitative estimate of drug-likeness (QED) is 0.764. The van der Waals surface area contributed by atoms with Gasteiger partial charge in [-0.1, -0.05) is 4.78 Å². The van der Waals surface area contributed by atoms with Gasteiger partial charge in [0.05, 0.1) is 0 Å². The summed E-state index contributed by atoms with van der Waals surface area (Å²) in [6, 6.07) is 0.0774. The predicted octanol–water partition coefficient (Wildman–Crippen LogP) is 1.73. The van der Waals surface area contributed by atoms with Crippen LogP contribution in [-0.2, 0) is 4.74 Å². The third-order valence-electron chi connectivity index (χ3n) is 2.88. The number of amides is 1. The Morgan fingerprint density at radius 1 is 1.53 bits per heavy atom. The standard InChI is InChI=1S/C12H22NO3.Al/c1-12(2,3)16-11(15)13-8-5-4-6-10(13)7-9-14;/h7,10,14H,4-6,8-9H2,1-3H3;/t10-;/m0./s1. The molecule has 0 bridgehead atoms. The molecular weight excluding hydrogens is 233 g/mol. The fraction of sp³-hybridized carbons (Fsp3) is 0.917. The maximum absolute atomic E-state index is 12.1. The third-order valence-corrected chi connectivity index (χ3v) is 3.54. The Bertz CT molecular complexity index is 265. The first-order valence-corrected chi connectivity index (χ1v) is 6.88. The van der Waals surface area contributed by atoms with Crippen LogP contribution < -0.4 is 0 Å². The number of ether oxygens (including phenoxy) is 1. The number of carbonyl (C=O) groups excluding carboxylic acids is 1. The van der Waals surface area contributed by atoms with E-state index < -0.39 is 5.60 Å². The summed E-state index contributed by atoms with van der Waals surface area (Å²) in [5.41, 5.74) is -0.464. The number of aliphatic hydroxyl groups excluding tert-OH is 1. The second kappa shape index (κ2) is 6.08. The number of likely N-dealkylation sites (tertiary alicyclic amines) is 1. The molecule has 2 radical (unpaired) electrons. The van der Waals surface area contributed by atoms with E-state index in [1.807, 2.05) is 20.8 Å². The Kier molecular flexibility index (Phi) is 5.30. The van der Waals surface area contributed by atoms with E-state index in [0.717, 1.165) is 25.8 Å². The average Bonchev–Trinajstić information content (AvgIpc) is 2.25. The average molecular weight is 255 g/mol. The molecule has 1 amide bonds. The summed E-state index contributed by atoms with van der Waals surface area (Å²) in [7, 11) is 0. The second-order valence-electron chi connectivity index (χ2n) is 5.58. The van der Waals surface area contributed by atoms with Gasteiger partial charge in [-0.2, -0.15) is 0 Å². The lowest BCUT2D eigenvalue weighted by Crippen LogP contribution is -2.48. The second-order valence-corrected chi connectivity index (χ2v) is 6.44. The van der Waals surface area contributed by atoms with Gasteiger partial charge in [-0.3, -0.25) is 0 Å². The monoisotopic (exact) mass is 255 g/mol. The first-order valence-electron chi connectivity index (χ1n) is 6.21. The molecule has 0 aromatic carbocycles. The zero-order valence-corrected chi connectivity index (χ0v) is 12.1. The molecule has 4 nitrogen and oxygen atoms in total. The van der Waals surface area contributed by atoms with Crippen LogP contribution in [0.25, 0.3) is 0 Å². The fourth-order valence-electron chi connectivity index (χ4n) is 2.07. The van der Waals surface area contributed by atoms with Crippen molar-refractivity contribution in [1.82, 2.24) is 4.90 Å². The van der Waals surface area contributed by atoms with Gasteiger partial charge in [-0.05, 0) is 40.0 Å². The lowest BCUT2D eigenvalue weighted by molar-refractivity contribution is 0.00720. The Labute approximate surface area is 112 Å². The number of piperidine rings is 1. The van der Waals surface area contributed by atoms with Crippen molar-refractivity contribution in [3.63, 3.8) is 0 Å². The molecule has 1 aliphatic heterocycles. The van der Waals surface area contributed by atoms with Crippen LogP contribution in [0.4, 0.5) is 4.79 Å². The van der Waals surface area contributed by atoms with Gasteiger partial charge in [0.25, 0.3) is 0 Å². The van der Waals surface area contributed by atoms with Crippen LogP contribution in [0.15, 0.2) is 0 Å². The number of aliphatic hydroxyl groups is 1. The molecular formula is C12H22AlNO3. The van der Waals surface area contributed by atoms with Crippen molar-refractivity contribution in [2.24, 2.45) is 0 Å². The molecule has 1 saturated heterocycles. The first kappa shape index (κ1) is 14.8. The van der Waals surface area contributed by atoms with E-state index >= 15 is 0 Å². The van der Waals surface area contributed by atoms with Crippen LogP contribution >= 0.6 is 0 Å². The lowest BCUT2D eigenvalue weighted by atomic mass is 9.99. The summed E-state index contributed by atoms with van der Waals surface area (Å²) in [5.74, 6) is 0. The van der Waals surface area contributed by atoms with Gasteiger partial charge in [0.2, 0.25) is 0 Å². The highest BCUT2D eigenvalue weighted by atomic mass is 27.0. The van der Waals surface area contributed by atoms with Crippen LogP contribution in [0.1, 0.15) is 40.0 Å².